The van der Waals surface area contributed by atoms with E-state index in [1.807, 2.05) is 13.8 Å². The van der Waals surface area contributed by atoms with Crippen molar-refractivity contribution in [2.75, 3.05) is 6.54 Å². The second kappa shape index (κ2) is 5.63. The molecular formula is C13H23NO3. The summed E-state index contributed by atoms with van der Waals surface area (Å²) in [7, 11) is 0. The van der Waals surface area contributed by atoms with Gasteiger partial charge in [-0.15, -0.1) is 0 Å². The van der Waals surface area contributed by atoms with Crippen molar-refractivity contribution < 1.29 is 14.7 Å². The lowest BCUT2D eigenvalue weighted by Crippen LogP contribution is -2.36. The molecule has 0 bridgehead atoms. The number of hydrogen-bond donors (Lipinski definition) is 1. The van der Waals surface area contributed by atoms with Crippen LogP contribution in [0.3, 0.4) is 0 Å². The minimum absolute atomic E-state index is 0.0157. The Balaban J connectivity index is 2.63. The number of likely N-dealkylation sites (tertiary alicyclic amines) is 1. The van der Waals surface area contributed by atoms with Crippen molar-refractivity contribution in [3.63, 3.8) is 0 Å². The van der Waals surface area contributed by atoms with Crippen LogP contribution in [0.1, 0.15) is 52.9 Å². The first-order valence-corrected chi connectivity index (χ1v) is 6.49. The van der Waals surface area contributed by atoms with Gasteiger partial charge in [0.15, 0.2) is 0 Å². The van der Waals surface area contributed by atoms with Gasteiger partial charge in [0.25, 0.3) is 0 Å². The smallest absolute Gasteiger partial charge is 0.235 e. The zero-order valence-electron chi connectivity index (χ0n) is 11.0. The Morgan fingerprint density at radius 2 is 1.94 bits per heavy atom. The summed E-state index contributed by atoms with van der Waals surface area (Å²) in [5.41, 5.74) is -0.456. The van der Waals surface area contributed by atoms with E-state index in [9.17, 15) is 9.59 Å². The van der Waals surface area contributed by atoms with Gasteiger partial charge in [-0.25, -0.2) is 0 Å². The zero-order chi connectivity index (χ0) is 13.1. The Morgan fingerprint density at radius 1 is 1.35 bits per heavy atom. The highest BCUT2D eigenvalue weighted by Crippen LogP contribution is 2.39. The Labute approximate surface area is 103 Å². The molecule has 1 aliphatic rings. The summed E-state index contributed by atoms with van der Waals surface area (Å²) in [6.45, 7) is 6.10. The van der Waals surface area contributed by atoms with Gasteiger partial charge >= 0.3 is 0 Å². The van der Waals surface area contributed by atoms with E-state index in [1.165, 1.54) is 4.90 Å². The van der Waals surface area contributed by atoms with E-state index in [0.29, 0.717) is 25.8 Å². The van der Waals surface area contributed by atoms with Crippen molar-refractivity contribution in [1.82, 2.24) is 4.90 Å². The van der Waals surface area contributed by atoms with E-state index < -0.39 is 5.41 Å². The quantitative estimate of drug-likeness (QED) is 0.720. The lowest BCUT2D eigenvalue weighted by Gasteiger charge is -2.23. The Bertz CT molecular complexity index is 295. The van der Waals surface area contributed by atoms with Gasteiger partial charge in [-0.1, -0.05) is 13.8 Å². The van der Waals surface area contributed by atoms with Crippen LogP contribution in [0.5, 0.6) is 0 Å². The molecule has 4 heteroatoms. The van der Waals surface area contributed by atoms with Crippen LogP contribution in [0.4, 0.5) is 0 Å². The molecule has 0 saturated carbocycles. The van der Waals surface area contributed by atoms with Crippen molar-refractivity contribution in [3.8, 4) is 0 Å². The van der Waals surface area contributed by atoms with Gasteiger partial charge in [0, 0.05) is 13.0 Å². The number of aliphatic hydroxyl groups excluding tert-OH is 1. The minimum atomic E-state index is -0.456. The summed E-state index contributed by atoms with van der Waals surface area (Å²) in [4.78, 5) is 25.4. The van der Waals surface area contributed by atoms with Gasteiger partial charge in [0.2, 0.25) is 11.8 Å². The van der Waals surface area contributed by atoms with Crippen LogP contribution in [0.15, 0.2) is 0 Å². The van der Waals surface area contributed by atoms with Crippen molar-refractivity contribution in [2.45, 2.75) is 59.0 Å². The molecule has 98 valence electrons. The van der Waals surface area contributed by atoms with E-state index in [2.05, 4.69) is 0 Å². The predicted molar refractivity (Wildman–Crippen MR) is 65.3 cm³/mol. The number of aliphatic hydroxyl groups is 1. The fourth-order valence-corrected chi connectivity index (χ4v) is 2.43. The second-order valence-corrected chi connectivity index (χ2v) is 5.01. The first kappa shape index (κ1) is 14.2. The third-order valence-electron chi connectivity index (χ3n) is 3.85. The van der Waals surface area contributed by atoms with Crippen LogP contribution in [-0.2, 0) is 9.59 Å². The third-order valence-corrected chi connectivity index (χ3v) is 3.85. The van der Waals surface area contributed by atoms with E-state index in [0.717, 1.165) is 12.8 Å². The normalized spacial score (nSPS) is 21.1. The fraction of sp³-hybridized carbons (Fsp3) is 0.846. The number of imide groups is 1. The van der Waals surface area contributed by atoms with E-state index in [-0.39, 0.29) is 17.9 Å². The van der Waals surface area contributed by atoms with Crippen LogP contribution in [0.2, 0.25) is 0 Å². The summed E-state index contributed by atoms with van der Waals surface area (Å²) < 4.78 is 0. The minimum Gasteiger partial charge on any atom is -0.393 e. The molecule has 1 N–H and O–H groups in total. The molecule has 1 atom stereocenters. The molecule has 2 amide bonds. The first-order chi connectivity index (χ1) is 7.96. The molecule has 4 nitrogen and oxygen atoms in total. The van der Waals surface area contributed by atoms with Crippen LogP contribution in [0.25, 0.3) is 0 Å². The summed E-state index contributed by atoms with van der Waals surface area (Å²) in [6.07, 6.45) is 2.74. The number of amides is 2. The molecule has 17 heavy (non-hydrogen) atoms. The summed E-state index contributed by atoms with van der Waals surface area (Å²) in [6, 6.07) is 0. The summed E-state index contributed by atoms with van der Waals surface area (Å²) >= 11 is 0. The SMILES string of the molecule is CCC1(CC)CC(=O)N(CCCC(C)O)C1=O. The van der Waals surface area contributed by atoms with Crippen molar-refractivity contribution in [1.29, 1.82) is 0 Å². The molecule has 1 heterocycles. The largest absolute Gasteiger partial charge is 0.393 e. The van der Waals surface area contributed by atoms with Gasteiger partial charge in [-0.3, -0.25) is 14.5 Å². The highest BCUT2D eigenvalue weighted by molar-refractivity contribution is 6.05. The maximum Gasteiger partial charge on any atom is 0.235 e. The van der Waals surface area contributed by atoms with Gasteiger partial charge in [-0.2, -0.15) is 0 Å². The first-order valence-electron chi connectivity index (χ1n) is 6.49. The highest BCUT2D eigenvalue weighted by atomic mass is 16.3. The molecule has 1 fully saturated rings. The summed E-state index contributed by atoms with van der Waals surface area (Å²) in [5, 5.41) is 9.16. The Kier molecular flexibility index (Phi) is 4.69. The standard InChI is InChI=1S/C13H23NO3/c1-4-13(5-2)9-11(16)14(12(13)17)8-6-7-10(3)15/h10,15H,4-9H2,1-3H3. The average molecular weight is 241 g/mol. The predicted octanol–water partition coefficient (Wildman–Crippen LogP) is 1.71. The van der Waals surface area contributed by atoms with Gasteiger partial charge in [-0.05, 0) is 32.6 Å². The molecule has 1 aliphatic heterocycles. The van der Waals surface area contributed by atoms with Crippen molar-refractivity contribution in [3.05, 3.63) is 0 Å². The number of nitrogens with zero attached hydrogens (tertiary/aromatic N) is 1. The third kappa shape index (κ3) is 2.86. The molecule has 1 rings (SSSR count). The molecule has 1 saturated heterocycles. The molecule has 0 aromatic rings. The van der Waals surface area contributed by atoms with Crippen LogP contribution in [0, 0.1) is 5.41 Å². The monoisotopic (exact) mass is 241 g/mol. The van der Waals surface area contributed by atoms with E-state index in [4.69, 9.17) is 5.11 Å². The van der Waals surface area contributed by atoms with Crippen LogP contribution >= 0.6 is 0 Å². The molecule has 0 aromatic carbocycles. The maximum atomic E-state index is 12.2. The molecule has 0 spiro atoms. The molecule has 0 aliphatic carbocycles. The number of rotatable bonds is 6. The number of carbonyl (C=O) groups excluding carboxylic acids is 2. The average Bonchev–Trinajstić information content (AvgIpc) is 2.53. The number of carbonyl (C=O) groups is 2. The number of hydrogen-bond acceptors (Lipinski definition) is 3. The molecular weight excluding hydrogens is 218 g/mol. The Morgan fingerprint density at radius 3 is 2.35 bits per heavy atom. The molecule has 0 aromatic heterocycles. The molecule has 0 radical (unpaired) electrons. The van der Waals surface area contributed by atoms with Gasteiger partial charge in [0.1, 0.15) is 0 Å². The van der Waals surface area contributed by atoms with Crippen LogP contribution < -0.4 is 0 Å². The maximum absolute atomic E-state index is 12.2. The zero-order valence-corrected chi connectivity index (χ0v) is 11.0. The lowest BCUT2D eigenvalue weighted by molar-refractivity contribution is -0.141. The summed E-state index contributed by atoms with van der Waals surface area (Å²) in [5.74, 6) is -0.0672. The van der Waals surface area contributed by atoms with Gasteiger partial charge < -0.3 is 5.11 Å². The highest BCUT2D eigenvalue weighted by Gasteiger charge is 2.48. The van der Waals surface area contributed by atoms with Crippen molar-refractivity contribution >= 4 is 11.8 Å². The fourth-order valence-electron chi connectivity index (χ4n) is 2.43. The molecule has 1 unspecified atom stereocenters. The van der Waals surface area contributed by atoms with E-state index in [1.54, 1.807) is 6.92 Å². The van der Waals surface area contributed by atoms with Crippen molar-refractivity contribution in [2.24, 2.45) is 5.41 Å². The van der Waals surface area contributed by atoms with Crippen LogP contribution in [-0.4, -0.2) is 34.5 Å². The van der Waals surface area contributed by atoms with Gasteiger partial charge in [0.05, 0.1) is 11.5 Å². The second-order valence-electron chi connectivity index (χ2n) is 5.01. The lowest BCUT2D eigenvalue weighted by atomic mass is 9.81. The topological polar surface area (TPSA) is 57.6 Å². The Hall–Kier alpha value is -0.900. The van der Waals surface area contributed by atoms with E-state index >= 15 is 0 Å².